The van der Waals surface area contributed by atoms with E-state index in [1.807, 2.05) is 16.9 Å². The van der Waals surface area contributed by atoms with Gasteiger partial charge in [-0.1, -0.05) is 13.3 Å². The Kier molecular flexibility index (Phi) is 3.34. The summed E-state index contributed by atoms with van der Waals surface area (Å²) in [5.74, 6) is 1.56. The number of aryl methyl sites for hydroxylation is 1. The van der Waals surface area contributed by atoms with E-state index in [4.69, 9.17) is 5.73 Å². The maximum absolute atomic E-state index is 5.77. The van der Waals surface area contributed by atoms with Crippen LogP contribution in [0.15, 0.2) is 24.4 Å². The van der Waals surface area contributed by atoms with Gasteiger partial charge in [0.1, 0.15) is 0 Å². The molecule has 0 saturated heterocycles. The van der Waals surface area contributed by atoms with Crippen LogP contribution in [0.5, 0.6) is 0 Å². The Hall–Kier alpha value is -1.68. The summed E-state index contributed by atoms with van der Waals surface area (Å²) in [6.07, 6.45) is 6.62. The quantitative estimate of drug-likeness (QED) is 0.894. The van der Waals surface area contributed by atoms with Crippen LogP contribution in [0.25, 0.3) is 5.82 Å². The van der Waals surface area contributed by atoms with Crippen molar-refractivity contribution in [2.45, 2.75) is 45.1 Å². The minimum absolute atomic E-state index is 0.545. The van der Waals surface area contributed by atoms with E-state index in [1.165, 1.54) is 18.5 Å². The molecule has 2 aromatic heterocycles. The molecule has 0 atom stereocenters. The third-order valence-electron chi connectivity index (χ3n) is 3.51. The van der Waals surface area contributed by atoms with Crippen molar-refractivity contribution in [1.29, 1.82) is 0 Å². The third-order valence-corrected chi connectivity index (χ3v) is 3.51. The lowest BCUT2D eigenvalue weighted by Gasteiger charge is -2.07. The van der Waals surface area contributed by atoms with Gasteiger partial charge in [-0.25, -0.2) is 9.67 Å². The number of pyridine rings is 1. The van der Waals surface area contributed by atoms with Crippen LogP contribution in [0.3, 0.4) is 0 Å². The van der Waals surface area contributed by atoms with Crippen LogP contribution in [0.4, 0.5) is 0 Å². The first kappa shape index (κ1) is 12.4. The molecule has 1 saturated carbocycles. The fourth-order valence-electron chi connectivity index (χ4n) is 2.32. The van der Waals surface area contributed by atoms with Gasteiger partial charge in [0.25, 0.3) is 0 Å². The summed E-state index contributed by atoms with van der Waals surface area (Å²) < 4.78 is 1.88. The minimum Gasteiger partial charge on any atom is -0.326 e. The molecule has 2 N–H and O–H groups in total. The Morgan fingerprint density at radius 3 is 2.89 bits per heavy atom. The molecule has 1 aliphatic carbocycles. The lowest BCUT2D eigenvalue weighted by Crippen LogP contribution is -2.06. The molecule has 0 amide bonds. The number of rotatable bonds is 5. The fraction of sp³-hybridized carbons (Fsp3) is 0.467. The number of aromatic nitrogens is 3. The number of hydrogen-bond donors (Lipinski definition) is 1. The highest BCUT2D eigenvalue weighted by Gasteiger charge is 2.26. The van der Waals surface area contributed by atoms with Gasteiger partial charge in [0.2, 0.25) is 0 Å². The highest BCUT2D eigenvalue weighted by molar-refractivity contribution is 5.31. The summed E-state index contributed by atoms with van der Waals surface area (Å²) in [6, 6.07) is 6.23. The van der Waals surface area contributed by atoms with Crippen molar-refractivity contribution in [1.82, 2.24) is 14.8 Å². The Labute approximate surface area is 113 Å². The molecule has 0 unspecified atom stereocenters. The summed E-state index contributed by atoms with van der Waals surface area (Å²) in [4.78, 5) is 4.68. The first-order valence-electron chi connectivity index (χ1n) is 7.06. The van der Waals surface area contributed by atoms with Crippen molar-refractivity contribution >= 4 is 0 Å². The summed E-state index contributed by atoms with van der Waals surface area (Å²) in [5.41, 5.74) is 9.18. The van der Waals surface area contributed by atoms with Gasteiger partial charge in [-0.15, -0.1) is 0 Å². The highest BCUT2D eigenvalue weighted by Crippen LogP contribution is 2.38. The standard InChI is InChI=1S/C15H20N4/c1-2-3-13-8-11(10-16)9-15(17-13)19-7-6-14(18-19)12-4-5-12/h6-9,12H,2-5,10,16H2,1H3. The Morgan fingerprint density at radius 1 is 1.37 bits per heavy atom. The van der Waals surface area contributed by atoms with E-state index in [9.17, 15) is 0 Å². The zero-order valence-electron chi connectivity index (χ0n) is 11.3. The average Bonchev–Trinajstić information content (AvgIpc) is 3.16. The van der Waals surface area contributed by atoms with Crippen LogP contribution in [-0.2, 0) is 13.0 Å². The van der Waals surface area contributed by atoms with E-state index < -0.39 is 0 Å². The molecule has 4 heteroatoms. The van der Waals surface area contributed by atoms with Gasteiger partial charge in [-0.05, 0) is 43.0 Å². The second-order valence-electron chi connectivity index (χ2n) is 5.24. The summed E-state index contributed by atoms with van der Waals surface area (Å²) >= 11 is 0. The van der Waals surface area contributed by atoms with Crippen LogP contribution in [0.2, 0.25) is 0 Å². The normalized spacial score (nSPS) is 14.8. The van der Waals surface area contributed by atoms with Crippen molar-refractivity contribution in [3.8, 4) is 5.82 Å². The van der Waals surface area contributed by atoms with Gasteiger partial charge in [-0.3, -0.25) is 0 Å². The van der Waals surface area contributed by atoms with Gasteiger partial charge in [-0.2, -0.15) is 5.10 Å². The third kappa shape index (κ3) is 2.68. The largest absolute Gasteiger partial charge is 0.326 e. The molecule has 0 bridgehead atoms. The molecule has 1 fully saturated rings. The van der Waals surface area contributed by atoms with E-state index in [1.54, 1.807) is 0 Å². The van der Waals surface area contributed by atoms with Crippen molar-refractivity contribution < 1.29 is 0 Å². The summed E-state index contributed by atoms with van der Waals surface area (Å²) in [7, 11) is 0. The SMILES string of the molecule is CCCc1cc(CN)cc(-n2ccc(C3CC3)n2)n1. The lowest BCUT2D eigenvalue weighted by atomic mass is 10.1. The molecule has 0 aromatic carbocycles. The van der Waals surface area contributed by atoms with Gasteiger partial charge in [0, 0.05) is 24.4 Å². The van der Waals surface area contributed by atoms with E-state index in [2.05, 4.69) is 29.1 Å². The predicted molar refractivity (Wildman–Crippen MR) is 75.2 cm³/mol. The maximum atomic E-state index is 5.77. The molecule has 100 valence electrons. The topological polar surface area (TPSA) is 56.7 Å². The van der Waals surface area contributed by atoms with Crippen molar-refractivity contribution in [2.24, 2.45) is 5.73 Å². The maximum Gasteiger partial charge on any atom is 0.153 e. The van der Waals surface area contributed by atoms with E-state index >= 15 is 0 Å². The van der Waals surface area contributed by atoms with Gasteiger partial charge >= 0.3 is 0 Å². The summed E-state index contributed by atoms with van der Waals surface area (Å²) in [6.45, 7) is 2.71. The van der Waals surface area contributed by atoms with Crippen LogP contribution >= 0.6 is 0 Å². The molecule has 3 rings (SSSR count). The number of nitrogens with two attached hydrogens (primary N) is 1. The minimum atomic E-state index is 0.545. The Balaban J connectivity index is 1.94. The average molecular weight is 256 g/mol. The second kappa shape index (κ2) is 5.13. The molecule has 0 spiro atoms. The zero-order valence-corrected chi connectivity index (χ0v) is 11.3. The number of hydrogen-bond acceptors (Lipinski definition) is 3. The van der Waals surface area contributed by atoms with Crippen LogP contribution in [0.1, 0.15) is 49.1 Å². The molecule has 0 radical (unpaired) electrons. The Bertz CT molecular complexity index is 569. The fourth-order valence-corrected chi connectivity index (χ4v) is 2.32. The van der Waals surface area contributed by atoms with E-state index in [0.29, 0.717) is 12.5 Å². The molecule has 1 aliphatic rings. The predicted octanol–water partition coefficient (Wildman–Crippen LogP) is 2.56. The van der Waals surface area contributed by atoms with Gasteiger partial charge in [0.05, 0.1) is 5.69 Å². The second-order valence-corrected chi connectivity index (χ2v) is 5.24. The monoisotopic (exact) mass is 256 g/mol. The first-order valence-corrected chi connectivity index (χ1v) is 7.06. The highest BCUT2D eigenvalue weighted by atomic mass is 15.3. The van der Waals surface area contributed by atoms with E-state index in [-0.39, 0.29) is 0 Å². The zero-order chi connectivity index (χ0) is 13.2. The molecule has 4 nitrogen and oxygen atoms in total. The van der Waals surface area contributed by atoms with Crippen molar-refractivity contribution in [2.75, 3.05) is 0 Å². The summed E-state index contributed by atoms with van der Waals surface area (Å²) in [5, 5.41) is 4.63. The molecular weight excluding hydrogens is 236 g/mol. The molecule has 2 heterocycles. The smallest absolute Gasteiger partial charge is 0.153 e. The van der Waals surface area contributed by atoms with Crippen LogP contribution in [-0.4, -0.2) is 14.8 Å². The number of nitrogens with zero attached hydrogens (tertiary/aromatic N) is 3. The Morgan fingerprint density at radius 2 is 2.21 bits per heavy atom. The lowest BCUT2D eigenvalue weighted by molar-refractivity contribution is 0.788. The van der Waals surface area contributed by atoms with Gasteiger partial charge in [0.15, 0.2) is 5.82 Å². The van der Waals surface area contributed by atoms with Crippen molar-refractivity contribution in [3.63, 3.8) is 0 Å². The van der Waals surface area contributed by atoms with E-state index in [0.717, 1.165) is 29.9 Å². The molecular formula is C15H20N4. The van der Waals surface area contributed by atoms with Crippen LogP contribution in [0, 0.1) is 0 Å². The molecule has 19 heavy (non-hydrogen) atoms. The molecule has 0 aliphatic heterocycles. The van der Waals surface area contributed by atoms with Crippen LogP contribution < -0.4 is 5.73 Å². The first-order chi connectivity index (χ1) is 9.30. The van der Waals surface area contributed by atoms with Crippen molar-refractivity contribution in [3.05, 3.63) is 41.3 Å². The van der Waals surface area contributed by atoms with Gasteiger partial charge < -0.3 is 5.73 Å². The molecule has 2 aromatic rings.